The number of carbonyl (C=O) groups excluding carboxylic acids is 2. The molecular formula is C23H26N2O4S. The van der Waals surface area contributed by atoms with E-state index in [2.05, 4.69) is 5.32 Å². The summed E-state index contributed by atoms with van der Waals surface area (Å²) in [5, 5.41) is 3.00. The first-order valence-electron chi connectivity index (χ1n) is 10.4. The maximum Gasteiger partial charge on any atom is 0.244 e. The van der Waals surface area contributed by atoms with Crippen molar-refractivity contribution in [3.8, 4) is 11.5 Å². The van der Waals surface area contributed by atoms with Crippen LogP contribution in [0.15, 0.2) is 52.3 Å². The van der Waals surface area contributed by atoms with E-state index >= 15 is 0 Å². The molecule has 0 atom stereocenters. The van der Waals surface area contributed by atoms with Crippen molar-refractivity contribution in [2.24, 2.45) is 0 Å². The summed E-state index contributed by atoms with van der Waals surface area (Å²) in [6, 6.07) is 13.7. The zero-order chi connectivity index (χ0) is 20.8. The second-order valence-electron chi connectivity index (χ2n) is 7.43. The zero-order valence-electron chi connectivity index (χ0n) is 16.9. The number of nitrogens with zero attached hydrogens (tertiary/aromatic N) is 1. The van der Waals surface area contributed by atoms with E-state index in [1.54, 1.807) is 16.7 Å². The highest BCUT2D eigenvalue weighted by Crippen LogP contribution is 2.42. The van der Waals surface area contributed by atoms with Gasteiger partial charge >= 0.3 is 0 Å². The maximum atomic E-state index is 12.8. The molecule has 0 aliphatic carbocycles. The molecule has 0 aromatic heterocycles. The summed E-state index contributed by atoms with van der Waals surface area (Å²) in [5.74, 6) is 1.16. The highest BCUT2D eigenvalue weighted by atomic mass is 32.2. The summed E-state index contributed by atoms with van der Waals surface area (Å²) in [7, 11) is 0. The van der Waals surface area contributed by atoms with Gasteiger partial charge in [-0.25, -0.2) is 0 Å². The van der Waals surface area contributed by atoms with Crippen molar-refractivity contribution in [2.45, 2.75) is 41.9 Å². The first kappa shape index (κ1) is 20.6. The van der Waals surface area contributed by atoms with E-state index in [1.165, 1.54) is 0 Å². The second kappa shape index (κ2) is 9.89. The molecule has 0 radical (unpaired) electrons. The summed E-state index contributed by atoms with van der Waals surface area (Å²) in [6.07, 6.45) is 4.55. The van der Waals surface area contributed by atoms with Crippen LogP contribution in [0.1, 0.15) is 32.1 Å². The quantitative estimate of drug-likeness (QED) is 0.770. The number of hydrogen-bond donors (Lipinski definition) is 1. The number of benzene rings is 2. The Hall–Kier alpha value is -2.67. The Morgan fingerprint density at radius 1 is 1.00 bits per heavy atom. The molecule has 1 fully saturated rings. The van der Waals surface area contributed by atoms with Crippen molar-refractivity contribution in [1.29, 1.82) is 0 Å². The molecule has 2 aliphatic heterocycles. The zero-order valence-corrected chi connectivity index (χ0v) is 17.7. The monoisotopic (exact) mass is 426 g/mol. The van der Waals surface area contributed by atoms with Gasteiger partial charge in [0.1, 0.15) is 13.2 Å². The van der Waals surface area contributed by atoms with Crippen LogP contribution in [0.3, 0.4) is 0 Å². The van der Waals surface area contributed by atoms with Crippen LogP contribution >= 0.6 is 11.8 Å². The van der Waals surface area contributed by atoms with Gasteiger partial charge in [-0.1, -0.05) is 42.8 Å². The third-order valence-corrected chi connectivity index (χ3v) is 6.21. The lowest BCUT2D eigenvalue weighted by Gasteiger charge is -2.25. The summed E-state index contributed by atoms with van der Waals surface area (Å²) in [4.78, 5) is 28.8. The molecule has 2 heterocycles. The number of fused-ring (bicyclic) bond motifs is 1. The molecule has 30 heavy (non-hydrogen) atoms. The van der Waals surface area contributed by atoms with Crippen LogP contribution in [-0.2, 0) is 9.59 Å². The van der Waals surface area contributed by atoms with Crippen LogP contribution in [-0.4, -0.2) is 43.0 Å². The normalized spacial score (nSPS) is 16.5. The van der Waals surface area contributed by atoms with E-state index in [-0.39, 0.29) is 18.4 Å². The molecule has 2 amide bonds. The van der Waals surface area contributed by atoms with Crippen LogP contribution < -0.4 is 14.8 Å². The van der Waals surface area contributed by atoms with E-state index in [0.29, 0.717) is 43.4 Å². The molecule has 0 saturated carbocycles. The highest BCUT2D eigenvalue weighted by molar-refractivity contribution is 7.99. The molecule has 2 aromatic carbocycles. The molecule has 4 rings (SSSR count). The Morgan fingerprint density at radius 2 is 1.73 bits per heavy atom. The van der Waals surface area contributed by atoms with Crippen LogP contribution in [0.4, 0.5) is 5.69 Å². The van der Waals surface area contributed by atoms with Gasteiger partial charge < -0.3 is 19.7 Å². The van der Waals surface area contributed by atoms with Gasteiger partial charge in [0.25, 0.3) is 0 Å². The molecule has 2 aliphatic rings. The molecule has 1 N–H and O–H groups in total. The Labute approximate surface area is 180 Å². The van der Waals surface area contributed by atoms with Crippen LogP contribution in [0.25, 0.3) is 0 Å². The fourth-order valence-electron chi connectivity index (χ4n) is 3.61. The Morgan fingerprint density at radius 3 is 2.53 bits per heavy atom. The Kier molecular flexibility index (Phi) is 6.79. The lowest BCUT2D eigenvalue weighted by Crippen LogP contribution is -2.39. The predicted molar refractivity (Wildman–Crippen MR) is 116 cm³/mol. The molecule has 0 unspecified atom stereocenters. The third kappa shape index (κ3) is 5.27. The lowest BCUT2D eigenvalue weighted by atomic mass is 10.1. The van der Waals surface area contributed by atoms with Crippen molar-refractivity contribution in [3.05, 3.63) is 42.5 Å². The average Bonchev–Trinajstić information content (AvgIpc) is 2.75. The molecule has 7 heteroatoms. The standard InChI is InChI=1S/C23H26N2O4S/c26-22(16-25-11-7-2-1-6-10-23(25)27)24-18-14-19-20(29-13-12-28-19)15-21(18)30-17-8-4-3-5-9-17/h3-5,8-9,14-15H,1-2,6-7,10-13,16H2,(H,24,26). The predicted octanol–water partition coefficient (Wildman–Crippen LogP) is 4.34. The van der Waals surface area contributed by atoms with Gasteiger partial charge in [-0.3, -0.25) is 9.59 Å². The molecule has 0 bridgehead atoms. The number of anilines is 1. The number of amides is 2. The van der Waals surface area contributed by atoms with Gasteiger partial charge in [-0.05, 0) is 25.0 Å². The molecule has 158 valence electrons. The van der Waals surface area contributed by atoms with Crippen LogP contribution in [0, 0.1) is 0 Å². The van der Waals surface area contributed by atoms with Gasteiger partial charge in [0.15, 0.2) is 11.5 Å². The van der Waals surface area contributed by atoms with Gasteiger partial charge in [0.2, 0.25) is 11.8 Å². The number of likely N-dealkylation sites (tertiary alicyclic amines) is 1. The number of hydrogen-bond acceptors (Lipinski definition) is 5. The van der Waals surface area contributed by atoms with Gasteiger partial charge in [0.05, 0.1) is 12.2 Å². The third-order valence-electron chi connectivity index (χ3n) is 5.15. The van der Waals surface area contributed by atoms with E-state index < -0.39 is 0 Å². The minimum Gasteiger partial charge on any atom is -0.486 e. The highest BCUT2D eigenvalue weighted by Gasteiger charge is 2.21. The average molecular weight is 427 g/mol. The van der Waals surface area contributed by atoms with Gasteiger partial charge in [-0.15, -0.1) is 0 Å². The van der Waals surface area contributed by atoms with Crippen molar-refractivity contribution in [3.63, 3.8) is 0 Å². The molecule has 1 saturated heterocycles. The topological polar surface area (TPSA) is 67.9 Å². The van der Waals surface area contributed by atoms with E-state index in [9.17, 15) is 9.59 Å². The van der Waals surface area contributed by atoms with E-state index in [0.717, 1.165) is 35.5 Å². The van der Waals surface area contributed by atoms with Crippen molar-refractivity contribution >= 4 is 29.3 Å². The summed E-state index contributed by atoms with van der Waals surface area (Å²) in [6.45, 7) is 1.70. The van der Waals surface area contributed by atoms with E-state index in [1.807, 2.05) is 42.5 Å². The summed E-state index contributed by atoms with van der Waals surface area (Å²) < 4.78 is 11.4. The smallest absolute Gasteiger partial charge is 0.244 e. The molecular weight excluding hydrogens is 400 g/mol. The SMILES string of the molecule is O=C(CN1CCCCCCC1=O)Nc1cc2c(cc1Sc1ccccc1)OCCO2. The summed E-state index contributed by atoms with van der Waals surface area (Å²) in [5.41, 5.74) is 0.664. The summed E-state index contributed by atoms with van der Waals surface area (Å²) >= 11 is 1.55. The molecule has 0 spiro atoms. The number of rotatable bonds is 5. The maximum absolute atomic E-state index is 12.8. The van der Waals surface area contributed by atoms with Gasteiger partial charge in [0, 0.05) is 34.9 Å². The van der Waals surface area contributed by atoms with Crippen molar-refractivity contribution < 1.29 is 19.1 Å². The minimum absolute atomic E-state index is 0.0610. The first-order chi connectivity index (χ1) is 14.7. The Balaban J connectivity index is 1.52. The number of ether oxygens (including phenoxy) is 2. The molecule has 2 aromatic rings. The number of nitrogens with one attached hydrogen (secondary N) is 1. The van der Waals surface area contributed by atoms with E-state index in [4.69, 9.17) is 9.47 Å². The van der Waals surface area contributed by atoms with Crippen LogP contribution in [0.2, 0.25) is 0 Å². The lowest BCUT2D eigenvalue weighted by molar-refractivity contribution is -0.135. The van der Waals surface area contributed by atoms with Crippen molar-refractivity contribution in [2.75, 3.05) is 31.6 Å². The molecule has 6 nitrogen and oxygen atoms in total. The largest absolute Gasteiger partial charge is 0.486 e. The fourth-order valence-corrected chi connectivity index (χ4v) is 4.55. The minimum atomic E-state index is -0.199. The van der Waals surface area contributed by atoms with Crippen molar-refractivity contribution in [1.82, 2.24) is 4.90 Å². The Bertz CT molecular complexity index is 904. The van der Waals surface area contributed by atoms with Crippen LogP contribution in [0.5, 0.6) is 11.5 Å². The second-order valence-corrected chi connectivity index (χ2v) is 8.55. The first-order valence-corrected chi connectivity index (χ1v) is 11.2. The number of carbonyl (C=O) groups is 2. The van der Waals surface area contributed by atoms with Gasteiger partial charge in [-0.2, -0.15) is 0 Å². The fraction of sp³-hybridized carbons (Fsp3) is 0.391.